The summed E-state index contributed by atoms with van der Waals surface area (Å²) in [5.74, 6) is 1.03. The van der Waals surface area contributed by atoms with Crippen molar-refractivity contribution in [3.63, 3.8) is 0 Å². The first-order valence-electron chi connectivity index (χ1n) is 7.09. The highest BCUT2D eigenvalue weighted by atomic mass is 79.9. The van der Waals surface area contributed by atoms with Crippen LogP contribution in [0.25, 0.3) is 0 Å². The average Bonchev–Trinajstić information content (AvgIpc) is 2.56. The summed E-state index contributed by atoms with van der Waals surface area (Å²) < 4.78 is 44.5. The van der Waals surface area contributed by atoms with Crippen LogP contribution in [-0.4, -0.2) is 29.2 Å². The second-order valence-corrected chi connectivity index (χ2v) is 7.18. The van der Waals surface area contributed by atoms with Crippen LogP contribution in [-0.2, 0) is 10.0 Å². The van der Waals surface area contributed by atoms with Gasteiger partial charge in [-0.05, 0) is 41.1 Å². The number of halogens is 1. The summed E-state index contributed by atoms with van der Waals surface area (Å²) in [6, 6.07) is 9.76. The van der Waals surface area contributed by atoms with E-state index in [1.54, 1.807) is 30.3 Å². The minimum absolute atomic E-state index is 0.0312. The maximum absolute atomic E-state index is 12.8. The van der Waals surface area contributed by atoms with E-state index in [1.807, 2.05) is 6.92 Å². The van der Waals surface area contributed by atoms with E-state index in [-0.39, 0.29) is 10.6 Å². The van der Waals surface area contributed by atoms with Gasteiger partial charge in [-0.1, -0.05) is 12.1 Å². The zero-order valence-corrected chi connectivity index (χ0v) is 15.9. The third-order valence-electron chi connectivity index (χ3n) is 3.16. The molecular formula is C16H18BrNO5S. The number of sulfonamides is 1. The van der Waals surface area contributed by atoms with Crippen molar-refractivity contribution in [1.29, 1.82) is 0 Å². The summed E-state index contributed by atoms with van der Waals surface area (Å²) in [6.07, 6.45) is 0. The minimum Gasteiger partial charge on any atom is -0.496 e. The van der Waals surface area contributed by atoms with Crippen LogP contribution in [0.5, 0.6) is 17.2 Å². The monoisotopic (exact) mass is 415 g/mol. The zero-order chi connectivity index (χ0) is 17.7. The molecule has 2 aromatic rings. The molecule has 0 aliphatic heterocycles. The Labute approximate surface area is 149 Å². The number of rotatable bonds is 7. The third-order valence-corrected chi connectivity index (χ3v) is 5.17. The standard InChI is InChI=1S/C16H18BrNO5S/c1-4-23-13-8-6-5-7-12(13)18-24(19,20)16-10-14(21-2)11(17)9-15(16)22-3/h5-10,18H,4H2,1-3H3. The van der Waals surface area contributed by atoms with Crippen molar-refractivity contribution >= 4 is 31.6 Å². The van der Waals surface area contributed by atoms with E-state index in [0.717, 1.165) is 0 Å². The van der Waals surface area contributed by atoms with E-state index in [2.05, 4.69) is 20.7 Å². The number of hydrogen-bond acceptors (Lipinski definition) is 5. The van der Waals surface area contributed by atoms with Crippen LogP contribution in [0.15, 0.2) is 45.8 Å². The number of benzene rings is 2. The van der Waals surface area contributed by atoms with Crippen LogP contribution in [0.3, 0.4) is 0 Å². The largest absolute Gasteiger partial charge is 0.496 e. The Balaban J connectivity index is 2.48. The van der Waals surface area contributed by atoms with Gasteiger partial charge in [0.25, 0.3) is 10.0 Å². The lowest BCUT2D eigenvalue weighted by Crippen LogP contribution is -2.15. The highest BCUT2D eigenvalue weighted by Gasteiger charge is 2.23. The highest BCUT2D eigenvalue weighted by Crippen LogP contribution is 2.36. The lowest BCUT2D eigenvalue weighted by atomic mass is 10.3. The van der Waals surface area contributed by atoms with Gasteiger partial charge in [-0.2, -0.15) is 0 Å². The van der Waals surface area contributed by atoms with Crippen molar-refractivity contribution in [2.75, 3.05) is 25.5 Å². The van der Waals surface area contributed by atoms with Gasteiger partial charge >= 0.3 is 0 Å². The summed E-state index contributed by atoms with van der Waals surface area (Å²) in [5, 5.41) is 0. The molecule has 0 radical (unpaired) electrons. The predicted octanol–water partition coefficient (Wildman–Crippen LogP) is 3.67. The molecule has 0 fully saturated rings. The summed E-state index contributed by atoms with van der Waals surface area (Å²) in [6.45, 7) is 2.25. The molecule has 0 amide bonds. The fourth-order valence-electron chi connectivity index (χ4n) is 2.07. The molecule has 8 heteroatoms. The van der Waals surface area contributed by atoms with Gasteiger partial charge in [0.05, 0.1) is 31.0 Å². The first kappa shape index (κ1) is 18.4. The molecule has 0 saturated carbocycles. The normalized spacial score (nSPS) is 11.0. The molecule has 0 spiro atoms. The van der Waals surface area contributed by atoms with Crippen LogP contribution in [0, 0.1) is 0 Å². The Hall–Kier alpha value is -1.93. The average molecular weight is 416 g/mol. The number of para-hydroxylation sites is 2. The number of anilines is 1. The van der Waals surface area contributed by atoms with Crippen molar-refractivity contribution < 1.29 is 22.6 Å². The third kappa shape index (κ3) is 3.93. The summed E-state index contributed by atoms with van der Waals surface area (Å²) >= 11 is 3.31. The van der Waals surface area contributed by atoms with E-state index < -0.39 is 10.0 Å². The number of ether oxygens (including phenoxy) is 3. The molecule has 0 saturated heterocycles. The van der Waals surface area contributed by atoms with Gasteiger partial charge in [-0.3, -0.25) is 4.72 Å². The predicted molar refractivity (Wildman–Crippen MR) is 95.7 cm³/mol. The van der Waals surface area contributed by atoms with Gasteiger partial charge in [0.1, 0.15) is 22.1 Å². The first-order valence-corrected chi connectivity index (χ1v) is 9.36. The molecule has 2 rings (SSSR count). The molecule has 1 N–H and O–H groups in total. The molecular weight excluding hydrogens is 398 g/mol. The van der Waals surface area contributed by atoms with Crippen molar-refractivity contribution in [2.45, 2.75) is 11.8 Å². The smallest absolute Gasteiger partial charge is 0.265 e. The van der Waals surface area contributed by atoms with Crippen molar-refractivity contribution in [1.82, 2.24) is 0 Å². The first-order chi connectivity index (χ1) is 11.4. The van der Waals surface area contributed by atoms with Crippen LogP contribution < -0.4 is 18.9 Å². The van der Waals surface area contributed by atoms with Gasteiger partial charge in [-0.25, -0.2) is 8.42 Å². The molecule has 0 unspecified atom stereocenters. The molecule has 2 aromatic carbocycles. The second-order valence-electron chi connectivity index (χ2n) is 4.67. The topological polar surface area (TPSA) is 73.9 Å². The van der Waals surface area contributed by atoms with E-state index in [0.29, 0.717) is 28.3 Å². The van der Waals surface area contributed by atoms with Gasteiger partial charge in [0.15, 0.2) is 0 Å². The van der Waals surface area contributed by atoms with Crippen LogP contribution in [0.1, 0.15) is 6.92 Å². The molecule has 130 valence electrons. The van der Waals surface area contributed by atoms with E-state index in [4.69, 9.17) is 14.2 Å². The number of methoxy groups -OCH3 is 2. The minimum atomic E-state index is -3.90. The lowest BCUT2D eigenvalue weighted by molar-refractivity contribution is 0.342. The zero-order valence-electron chi connectivity index (χ0n) is 13.5. The number of nitrogens with one attached hydrogen (secondary N) is 1. The van der Waals surface area contributed by atoms with Crippen LogP contribution in [0.2, 0.25) is 0 Å². The maximum Gasteiger partial charge on any atom is 0.265 e. The van der Waals surface area contributed by atoms with Gasteiger partial charge in [0.2, 0.25) is 0 Å². The van der Waals surface area contributed by atoms with E-state index >= 15 is 0 Å². The van der Waals surface area contributed by atoms with E-state index in [1.165, 1.54) is 20.3 Å². The summed E-state index contributed by atoms with van der Waals surface area (Å²) in [4.78, 5) is -0.0312. The van der Waals surface area contributed by atoms with Gasteiger partial charge in [0, 0.05) is 6.07 Å². The molecule has 0 heterocycles. The maximum atomic E-state index is 12.8. The van der Waals surface area contributed by atoms with Crippen LogP contribution in [0.4, 0.5) is 5.69 Å². The Morgan fingerprint density at radius 1 is 1.04 bits per heavy atom. The Morgan fingerprint density at radius 2 is 1.71 bits per heavy atom. The van der Waals surface area contributed by atoms with Crippen LogP contribution >= 0.6 is 15.9 Å². The SMILES string of the molecule is CCOc1ccccc1NS(=O)(=O)c1cc(OC)c(Br)cc1OC. The summed E-state index contributed by atoms with van der Waals surface area (Å²) in [7, 11) is -1.04. The molecule has 0 atom stereocenters. The van der Waals surface area contributed by atoms with Gasteiger partial charge in [-0.15, -0.1) is 0 Å². The fraction of sp³-hybridized carbons (Fsp3) is 0.250. The second kappa shape index (κ2) is 7.76. The Bertz CT molecular complexity index is 823. The molecule has 0 bridgehead atoms. The van der Waals surface area contributed by atoms with E-state index in [9.17, 15) is 8.42 Å². The molecule has 0 aliphatic rings. The lowest BCUT2D eigenvalue weighted by Gasteiger charge is -2.16. The summed E-state index contributed by atoms with van der Waals surface area (Å²) in [5.41, 5.74) is 0.350. The Kier molecular flexibility index (Phi) is 5.95. The molecule has 6 nitrogen and oxygen atoms in total. The molecule has 0 aliphatic carbocycles. The number of hydrogen-bond donors (Lipinski definition) is 1. The Morgan fingerprint density at radius 3 is 2.33 bits per heavy atom. The van der Waals surface area contributed by atoms with Gasteiger partial charge < -0.3 is 14.2 Å². The van der Waals surface area contributed by atoms with Crippen molar-refractivity contribution in [3.8, 4) is 17.2 Å². The van der Waals surface area contributed by atoms with Crippen molar-refractivity contribution in [3.05, 3.63) is 40.9 Å². The quantitative estimate of drug-likeness (QED) is 0.746. The molecule has 24 heavy (non-hydrogen) atoms. The molecule has 0 aromatic heterocycles. The highest BCUT2D eigenvalue weighted by molar-refractivity contribution is 9.10. The fourth-order valence-corrected chi connectivity index (χ4v) is 3.80. The van der Waals surface area contributed by atoms with Crippen molar-refractivity contribution in [2.24, 2.45) is 0 Å².